The summed E-state index contributed by atoms with van der Waals surface area (Å²) in [4.78, 5) is 14.2. The van der Waals surface area contributed by atoms with Gasteiger partial charge >= 0.3 is 6.18 Å². The summed E-state index contributed by atoms with van der Waals surface area (Å²) in [6.45, 7) is 1.08. The molecular weight excluding hydrogens is 321 g/mol. The summed E-state index contributed by atoms with van der Waals surface area (Å²) in [6.07, 6.45) is -1.05. The number of hydrogen-bond donors (Lipinski definition) is 0. The molecular formula is C16H17F3N4O. The van der Waals surface area contributed by atoms with Crippen LogP contribution in [-0.2, 0) is 13.2 Å². The fourth-order valence-electron chi connectivity index (χ4n) is 3.02. The van der Waals surface area contributed by atoms with Crippen molar-refractivity contribution in [3.63, 3.8) is 0 Å². The molecule has 1 amide bonds. The second-order valence-corrected chi connectivity index (χ2v) is 5.97. The summed E-state index contributed by atoms with van der Waals surface area (Å²) in [5.41, 5.74) is -0.490. The standard InChI is InChI=1S/C16H17F3N4O/c1-22-10-20-21-14(22)12-3-2-8-23(9-12)15(24)11-4-6-13(7-5-11)16(17,18)19/h4-7,10,12H,2-3,8-9H2,1H3. The number of aryl methyl sites for hydroxylation is 1. The topological polar surface area (TPSA) is 51.0 Å². The van der Waals surface area contributed by atoms with E-state index in [0.717, 1.165) is 30.8 Å². The van der Waals surface area contributed by atoms with Crippen molar-refractivity contribution in [1.82, 2.24) is 19.7 Å². The fourth-order valence-corrected chi connectivity index (χ4v) is 3.02. The lowest BCUT2D eigenvalue weighted by Crippen LogP contribution is -2.39. The molecule has 1 aliphatic rings. The maximum atomic E-state index is 12.6. The summed E-state index contributed by atoms with van der Waals surface area (Å²) in [7, 11) is 1.85. The van der Waals surface area contributed by atoms with Gasteiger partial charge in [0.15, 0.2) is 0 Å². The normalized spacial score (nSPS) is 18.7. The summed E-state index contributed by atoms with van der Waals surface area (Å²) in [5, 5.41) is 7.96. The molecule has 0 bridgehead atoms. The highest BCUT2D eigenvalue weighted by atomic mass is 19.4. The molecule has 1 aliphatic heterocycles. The first-order chi connectivity index (χ1) is 11.4. The molecule has 1 unspecified atom stereocenters. The number of piperidine rings is 1. The number of nitrogens with zero attached hydrogens (tertiary/aromatic N) is 4. The third-order valence-electron chi connectivity index (χ3n) is 4.28. The minimum Gasteiger partial charge on any atom is -0.338 e. The number of alkyl halides is 3. The van der Waals surface area contributed by atoms with Crippen molar-refractivity contribution in [2.24, 2.45) is 7.05 Å². The molecule has 0 saturated carbocycles. The van der Waals surface area contributed by atoms with Gasteiger partial charge in [0.1, 0.15) is 12.2 Å². The number of benzene rings is 1. The molecule has 2 heterocycles. The Balaban J connectivity index is 1.74. The zero-order valence-electron chi connectivity index (χ0n) is 13.1. The molecule has 1 aromatic heterocycles. The lowest BCUT2D eigenvalue weighted by Gasteiger charge is -2.32. The maximum Gasteiger partial charge on any atom is 0.416 e. The van der Waals surface area contributed by atoms with Crippen LogP contribution in [-0.4, -0.2) is 38.7 Å². The lowest BCUT2D eigenvalue weighted by atomic mass is 9.96. The number of halogens is 3. The monoisotopic (exact) mass is 338 g/mol. The van der Waals surface area contributed by atoms with Gasteiger partial charge < -0.3 is 9.47 Å². The Bertz CT molecular complexity index is 724. The predicted molar refractivity (Wildman–Crippen MR) is 80.3 cm³/mol. The third kappa shape index (κ3) is 3.27. The summed E-state index contributed by atoms with van der Waals surface area (Å²) >= 11 is 0. The lowest BCUT2D eigenvalue weighted by molar-refractivity contribution is -0.137. The van der Waals surface area contributed by atoms with Crippen molar-refractivity contribution in [2.45, 2.75) is 24.9 Å². The largest absolute Gasteiger partial charge is 0.416 e. The van der Waals surface area contributed by atoms with Gasteiger partial charge in [0.2, 0.25) is 0 Å². The summed E-state index contributed by atoms with van der Waals surface area (Å²) in [6, 6.07) is 4.35. The molecule has 3 rings (SSSR count). The zero-order chi connectivity index (χ0) is 17.3. The number of hydrogen-bond acceptors (Lipinski definition) is 3. The SMILES string of the molecule is Cn1cnnc1C1CCCN(C(=O)c2ccc(C(F)(F)F)cc2)C1. The molecule has 0 spiro atoms. The van der Waals surface area contributed by atoms with Crippen LogP contribution >= 0.6 is 0 Å². The van der Waals surface area contributed by atoms with E-state index < -0.39 is 11.7 Å². The van der Waals surface area contributed by atoms with Crippen LogP contribution in [0.1, 0.15) is 40.5 Å². The van der Waals surface area contributed by atoms with Crippen LogP contribution in [0.4, 0.5) is 13.2 Å². The van der Waals surface area contributed by atoms with E-state index in [2.05, 4.69) is 10.2 Å². The van der Waals surface area contributed by atoms with Gasteiger partial charge in [0.05, 0.1) is 5.56 Å². The quantitative estimate of drug-likeness (QED) is 0.846. The van der Waals surface area contributed by atoms with E-state index in [1.165, 1.54) is 12.1 Å². The first-order valence-electron chi connectivity index (χ1n) is 7.66. The average molecular weight is 338 g/mol. The van der Waals surface area contributed by atoms with Crippen LogP contribution in [0, 0.1) is 0 Å². The Labute approximate surface area is 137 Å². The van der Waals surface area contributed by atoms with Gasteiger partial charge in [-0.25, -0.2) is 0 Å². The molecule has 0 N–H and O–H groups in total. The maximum absolute atomic E-state index is 12.6. The first-order valence-corrected chi connectivity index (χ1v) is 7.66. The van der Waals surface area contributed by atoms with E-state index in [9.17, 15) is 18.0 Å². The van der Waals surface area contributed by atoms with Crippen LogP contribution in [0.5, 0.6) is 0 Å². The molecule has 1 aromatic carbocycles. The Morgan fingerprint density at radius 3 is 2.54 bits per heavy atom. The molecule has 1 fully saturated rings. The minimum atomic E-state index is -4.40. The highest BCUT2D eigenvalue weighted by Gasteiger charge is 2.31. The van der Waals surface area contributed by atoms with Crippen LogP contribution in [0.15, 0.2) is 30.6 Å². The number of rotatable bonds is 2. The van der Waals surface area contributed by atoms with Crippen molar-refractivity contribution in [1.29, 1.82) is 0 Å². The van der Waals surface area contributed by atoms with Gasteiger partial charge in [-0.1, -0.05) is 0 Å². The van der Waals surface area contributed by atoms with E-state index in [1.54, 1.807) is 11.2 Å². The molecule has 8 heteroatoms. The van der Waals surface area contributed by atoms with Crippen LogP contribution in [0.2, 0.25) is 0 Å². The van der Waals surface area contributed by atoms with E-state index in [-0.39, 0.29) is 17.4 Å². The number of likely N-dealkylation sites (tertiary alicyclic amines) is 1. The Morgan fingerprint density at radius 2 is 1.96 bits per heavy atom. The van der Waals surface area contributed by atoms with E-state index in [4.69, 9.17) is 0 Å². The molecule has 5 nitrogen and oxygen atoms in total. The number of carbonyl (C=O) groups excluding carboxylic acids is 1. The van der Waals surface area contributed by atoms with Crippen molar-refractivity contribution < 1.29 is 18.0 Å². The second kappa shape index (κ2) is 6.26. The second-order valence-electron chi connectivity index (χ2n) is 5.97. The molecule has 2 aromatic rings. The molecule has 24 heavy (non-hydrogen) atoms. The first kappa shape index (κ1) is 16.5. The van der Waals surface area contributed by atoms with Gasteiger partial charge in [0.25, 0.3) is 5.91 Å². The van der Waals surface area contributed by atoms with Gasteiger partial charge in [-0.15, -0.1) is 10.2 Å². The molecule has 0 radical (unpaired) electrons. The van der Waals surface area contributed by atoms with Crippen LogP contribution in [0.3, 0.4) is 0 Å². The highest BCUT2D eigenvalue weighted by Crippen LogP contribution is 2.30. The van der Waals surface area contributed by atoms with Crippen LogP contribution in [0.25, 0.3) is 0 Å². The minimum absolute atomic E-state index is 0.0876. The summed E-state index contributed by atoms with van der Waals surface area (Å²) in [5.74, 6) is 0.653. The predicted octanol–water partition coefficient (Wildman–Crippen LogP) is 2.85. The number of amides is 1. The Morgan fingerprint density at radius 1 is 1.25 bits per heavy atom. The number of carbonyl (C=O) groups is 1. The van der Waals surface area contributed by atoms with E-state index in [1.807, 2.05) is 11.6 Å². The van der Waals surface area contributed by atoms with E-state index in [0.29, 0.717) is 13.1 Å². The molecule has 0 aliphatic carbocycles. The smallest absolute Gasteiger partial charge is 0.338 e. The molecule has 1 atom stereocenters. The third-order valence-corrected chi connectivity index (χ3v) is 4.28. The average Bonchev–Trinajstić information content (AvgIpc) is 3.00. The van der Waals surface area contributed by atoms with Crippen molar-refractivity contribution in [3.05, 3.63) is 47.5 Å². The molecule has 128 valence electrons. The number of aromatic nitrogens is 3. The van der Waals surface area contributed by atoms with Gasteiger partial charge in [-0.2, -0.15) is 13.2 Å². The van der Waals surface area contributed by atoms with Crippen molar-refractivity contribution >= 4 is 5.91 Å². The summed E-state index contributed by atoms with van der Waals surface area (Å²) < 4.78 is 39.7. The molecule has 1 saturated heterocycles. The van der Waals surface area contributed by atoms with Crippen LogP contribution < -0.4 is 0 Å². The van der Waals surface area contributed by atoms with E-state index >= 15 is 0 Å². The van der Waals surface area contributed by atoms with Crippen molar-refractivity contribution in [2.75, 3.05) is 13.1 Å². The highest BCUT2D eigenvalue weighted by molar-refractivity contribution is 5.94. The Kier molecular flexibility index (Phi) is 4.29. The van der Waals surface area contributed by atoms with Gasteiger partial charge in [-0.05, 0) is 37.1 Å². The van der Waals surface area contributed by atoms with Gasteiger partial charge in [0, 0.05) is 31.6 Å². The fraction of sp³-hybridized carbons (Fsp3) is 0.438. The zero-order valence-corrected chi connectivity index (χ0v) is 13.1. The van der Waals surface area contributed by atoms with Gasteiger partial charge in [-0.3, -0.25) is 4.79 Å². The van der Waals surface area contributed by atoms with Crippen molar-refractivity contribution in [3.8, 4) is 0 Å². The Hall–Kier alpha value is -2.38.